The number of carbonyl (C=O) groups excluding carboxylic acids is 1. The van der Waals surface area contributed by atoms with E-state index in [9.17, 15) is 14.9 Å². The summed E-state index contributed by atoms with van der Waals surface area (Å²) in [6.07, 6.45) is 1.72. The number of hydrogen-bond donors (Lipinski definition) is 3. The van der Waals surface area contributed by atoms with Crippen LogP contribution in [-0.2, 0) is 0 Å². The second-order valence-corrected chi connectivity index (χ2v) is 4.81. The van der Waals surface area contributed by atoms with Gasteiger partial charge in [-0.1, -0.05) is 12.1 Å². The quantitative estimate of drug-likeness (QED) is 0.302. The zero-order valence-corrected chi connectivity index (χ0v) is 12.7. The number of aromatic amines is 1. The number of carbonyl (C=O) groups is 1. The predicted octanol–water partition coefficient (Wildman–Crippen LogP) is 1.28. The van der Waals surface area contributed by atoms with E-state index in [4.69, 9.17) is 5.21 Å². The highest BCUT2D eigenvalue weighted by Gasteiger charge is 2.20. The Morgan fingerprint density at radius 3 is 2.82 bits per heavy atom. The number of rotatable bonds is 7. The lowest BCUT2D eigenvalue weighted by atomic mass is 10.1. The van der Waals surface area contributed by atoms with E-state index in [2.05, 4.69) is 20.7 Å². The number of nitrogens with one attached hydrogen (secondary N) is 2. The summed E-state index contributed by atoms with van der Waals surface area (Å²) < 4.78 is 0. The number of aryl methyl sites for hydroxylation is 1. The fraction of sp³-hybridized carbons (Fsp3) is 0.462. The molecule has 0 spiro atoms. The molecule has 1 amide bonds. The van der Waals surface area contributed by atoms with E-state index in [0.717, 1.165) is 5.69 Å². The number of nitrogens with zero attached hydrogens (tertiary/aromatic N) is 3. The van der Waals surface area contributed by atoms with Crippen molar-refractivity contribution in [1.29, 1.82) is 0 Å². The number of H-pyrrole nitrogens is 1. The molecule has 1 atom stereocenters. The zero-order chi connectivity index (χ0) is 16.7. The third-order valence-electron chi connectivity index (χ3n) is 3.06. The van der Waals surface area contributed by atoms with Crippen LogP contribution < -0.4 is 5.32 Å². The summed E-state index contributed by atoms with van der Waals surface area (Å²) in [5, 5.41) is 31.9. The van der Waals surface area contributed by atoms with Gasteiger partial charge in [0.2, 0.25) is 6.04 Å². The van der Waals surface area contributed by atoms with Gasteiger partial charge in [-0.05, 0) is 26.0 Å². The molecule has 0 aliphatic rings. The Hall–Kier alpha value is -2.71. The Morgan fingerprint density at radius 1 is 1.68 bits per heavy atom. The van der Waals surface area contributed by atoms with Crippen LogP contribution in [0.3, 0.4) is 0 Å². The van der Waals surface area contributed by atoms with Crippen molar-refractivity contribution in [2.75, 3.05) is 6.54 Å². The number of nitro groups is 1. The SMILES string of the molecule is CCC(/C(C)=C/C(CNC(=O)c1cc(C)[nH]n1)=N\O)[N+](=O)[O-]. The molecule has 9 heteroatoms. The minimum absolute atomic E-state index is 0.0628. The zero-order valence-electron chi connectivity index (χ0n) is 12.7. The number of hydrogen-bond acceptors (Lipinski definition) is 6. The summed E-state index contributed by atoms with van der Waals surface area (Å²) in [6, 6.07) is 0.730. The highest BCUT2D eigenvalue weighted by Crippen LogP contribution is 2.09. The first-order chi connectivity index (χ1) is 10.4. The fourth-order valence-electron chi connectivity index (χ4n) is 1.91. The van der Waals surface area contributed by atoms with Crippen molar-refractivity contribution in [1.82, 2.24) is 15.5 Å². The molecule has 22 heavy (non-hydrogen) atoms. The van der Waals surface area contributed by atoms with Crippen molar-refractivity contribution in [2.24, 2.45) is 5.16 Å². The summed E-state index contributed by atoms with van der Waals surface area (Å²) >= 11 is 0. The molecular formula is C13H19N5O4. The lowest BCUT2D eigenvalue weighted by Gasteiger charge is -2.08. The largest absolute Gasteiger partial charge is 0.411 e. The van der Waals surface area contributed by atoms with Crippen LogP contribution in [0.4, 0.5) is 0 Å². The molecule has 0 saturated carbocycles. The van der Waals surface area contributed by atoms with E-state index < -0.39 is 16.9 Å². The Kier molecular flexibility index (Phi) is 6.24. The van der Waals surface area contributed by atoms with Gasteiger partial charge < -0.3 is 10.5 Å². The highest BCUT2D eigenvalue weighted by atomic mass is 16.6. The molecule has 120 valence electrons. The third kappa shape index (κ3) is 4.69. The summed E-state index contributed by atoms with van der Waals surface area (Å²) in [7, 11) is 0. The van der Waals surface area contributed by atoms with Crippen molar-refractivity contribution in [2.45, 2.75) is 33.2 Å². The summed E-state index contributed by atoms with van der Waals surface area (Å²) in [5.41, 5.74) is 1.53. The third-order valence-corrected chi connectivity index (χ3v) is 3.06. The van der Waals surface area contributed by atoms with Crippen LogP contribution in [0.2, 0.25) is 0 Å². The second kappa shape index (κ2) is 7.91. The standard InChI is InChI=1S/C13H19N5O4/c1-4-12(18(21)22)8(2)5-10(17-20)7-14-13(19)11-6-9(3)15-16-11/h5-6,12,20H,4,7H2,1-3H3,(H,14,19)(H,15,16)/b8-5+,17-10+. The first kappa shape index (κ1) is 17.3. The molecule has 1 aromatic heterocycles. The molecule has 1 aromatic rings. The lowest BCUT2D eigenvalue weighted by molar-refractivity contribution is -0.512. The van der Waals surface area contributed by atoms with E-state index in [1.54, 1.807) is 26.8 Å². The molecule has 0 aliphatic carbocycles. The molecule has 3 N–H and O–H groups in total. The molecule has 1 unspecified atom stereocenters. The Balaban J connectivity index is 2.70. The number of amides is 1. The molecule has 0 bridgehead atoms. The molecule has 1 rings (SSSR count). The van der Waals surface area contributed by atoms with Crippen LogP contribution in [0.15, 0.2) is 22.9 Å². The molecule has 9 nitrogen and oxygen atoms in total. The summed E-state index contributed by atoms with van der Waals surface area (Å²) in [6.45, 7) is 4.98. The normalized spacial score (nSPS) is 13.8. The van der Waals surface area contributed by atoms with Crippen molar-refractivity contribution < 1.29 is 14.9 Å². The monoisotopic (exact) mass is 309 g/mol. The first-order valence-corrected chi connectivity index (χ1v) is 6.71. The molecule has 0 fully saturated rings. The second-order valence-electron chi connectivity index (χ2n) is 4.81. The maximum absolute atomic E-state index is 11.8. The highest BCUT2D eigenvalue weighted by molar-refractivity contribution is 6.01. The van der Waals surface area contributed by atoms with E-state index in [-0.39, 0.29) is 18.0 Å². The minimum Gasteiger partial charge on any atom is -0.411 e. The average Bonchev–Trinajstić information content (AvgIpc) is 2.90. The summed E-state index contributed by atoms with van der Waals surface area (Å²) in [5.74, 6) is -0.433. The van der Waals surface area contributed by atoms with E-state index >= 15 is 0 Å². The molecule has 0 radical (unpaired) electrons. The van der Waals surface area contributed by atoms with Gasteiger partial charge in [0.1, 0.15) is 5.69 Å². The van der Waals surface area contributed by atoms with Gasteiger partial charge in [-0.15, -0.1) is 0 Å². The molecule has 1 heterocycles. The predicted molar refractivity (Wildman–Crippen MR) is 79.7 cm³/mol. The van der Waals surface area contributed by atoms with Crippen molar-refractivity contribution in [3.63, 3.8) is 0 Å². The molecule has 0 aliphatic heterocycles. The van der Waals surface area contributed by atoms with Crippen molar-refractivity contribution >= 4 is 11.6 Å². The fourth-order valence-corrected chi connectivity index (χ4v) is 1.91. The van der Waals surface area contributed by atoms with Gasteiger partial charge in [0, 0.05) is 22.6 Å². The van der Waals surface area contributed by atoms with E-state index in [1.165, 1.54) is 6.08 Å². The van der Waals surface area contributed by atoms with Gasteiger partial charge in [-0.3, -0.25) is 20.0 Å². The molecule has 0 aromatic carbocycles. The van der Waals surface area contributed by atoms with Gasteiger partial charge in [0.25, 0.3) is 5.91 Å². The van der Waals surface area contributed by atoms with Gasteiger partial charge in [0.15, 0.2) is 0 Å². The van der Waals surface area contributed by atoms with Crippen molar-refractivity contribution in [3.05, 3.63) is 39.2 Å². The number of aromatic nitrogens is 2. The van der Waals surface area contributed by atoms with Gasteiger partial charge in [-0.2, -0.15) is 5.10 Å². The van der Waals surface area contributed by atoms with Crippen molar-refractivity contribution in [3.8, 4) is 0 Å². The Labute approximate surface area is 127 Å². The van der Waals surface area contributed by atoms with E-state index in [0.29, 0.717) is 12.0 Å². The minimum atomic E-state index is -0.846. The summed E-state index contributed by atoms with van der Waals surface area (Å²) in [4.78, 5) is 22.3. The Morgan fingerprint density at radius 2 is 2.36 bits per heavy atom. The molecular weight excluding hydrogens is 290 g/mol. The van der Waals surface area contributed by atoms with Crippen LogP contribution in [0.25, 0.3) is 0 Å². The van der Waals surface area contributed by atoms with Gasteiger partial charge >= 0.3 is 0 Å². The van der Waals surface area contributed by atoms with Crippen LogP contribution in [-0.4, -0.2) is 44.5 Å². The van der Waals surface area contributed by atoms with Crippen LogP contribution >= 0.6 is 0 Å². The lowest BCUT2D eigenvalue weighted by Crippen LogP contribution is -2.30. The average molecular weight is 309 g/mol. The van der Waals surface area contributed by atoms with Gasteiger partial charge in [-0.25, -0.2) is 0 Å². The maximum Gasteiger partial charge on any atom is 0.272 e. The van der Waals surface area contributed by atoms with Crippen LogP contribution in [0, 0.1) is 17.0 Å². The van der Waals surface area contributed by atoms with Gasteiger partial charge in [0.05, 0.1) is 12.3 Å². The Bertz CT molecular complexity index is 605. The van der Waals surface area contributed by atoms with Crippen LogP contribution in [0.5, 0.6) is 0 Å². The first-order valence-electron chi connectivity index (χ1n) is 6.71. The van der Waals surface area contributed by atoms with E-state index in [1.807, 2.05) is 0 Å². The number of oxime groups is 1. The van der Waals surface area contributed by atoms with Crippen LogP contribution in [0.1, 0.15) is 36.5 Å². The topological polar surface area (TPSA) is 134 Å². The maximum atomic E-state index is 11.8. The molecule has 0 saturated heterocycles. The smallest absolute Gasteiger partial charge is 0.272 e.